The molecule has 1 atom stereocenters. The zero-order valence-corrected chi connectivity index (χ0v) is 9.81. The van der Waals surface area contributed by atoms with Gasteiger partial charge in [0.2, 0.25) is 0 Å². The van der Waals surface area contributed by atoms with E-state index in [2.05, 4.69) is 19.2 Å². The maximum Gasteiger partial charge on any atom is 0.0613 e. The molecule has 0 spiro atoms. The second-order valence-corrected chi connectivity index (χ2v) is 3.76. The van der Waals surface area contributed by atoms with Crippen molar-refractivity contribution in [1.29, 1.82) is 0 Å². The van der Waals surface area contributed by atoms with Gasteiger partial charge < -0.3 is 15.2 Å². The number of likely N-dealkylation sites (N-methyl/N-ethyl adjacent to an activating group) is 1. The molecular formula is C11H25NO2. The second kappa shape index (κ2) is 8.21. The fourth-order valence-electron chi connectivity index (χ4n) is 1.51. The minimum atomic E-state index is -0.102. The van der Waals surface area contributed by atoms with E-state index < -0.39 is 0 Å². The van der Waals surface area contributed by atoms with Crippen molar-refractivity contribution >= 4 is 0 Å². The van der Waals surface area contributed by atoms with Gasteiger partial charge in [0.15, 0.2) is 0 Å². The number of nitrogens with one attached hydrogen (secondary N) is 1. The van der Waals surface area contributed by atoms with Crippen LogP contribution in [0.1, 0.15) is 39.5 Å². The molecule has 3 heteroatoms. The Morgan fingerprint density at radius 1 is 1.29 bits per heavy atom. The van der Waals surface area contributed by atoms with Crippen LogP contribution in [-0.2, 0) is 4.74 Å². The lowest BCUT2D eigenvalue weighted by Crippen LogP contribution is -2.46. The first-order valence-electron chi connectivity index (χ1n) is 5.62. The molecule has 0 aromatic carbocycles. The molecule has 0 rings (SSSR count). The van der Waals surface area contributed by atoms with E-state index in [9.17, 15) is 5.11 Å². The topological polar surface area (TPSA) is 41.5 Å². The van der Waals surface area contributed by atoms with Gasteiger partial charge >= 0.3 is 0 Å². The van der Waals surface area contributed by atoms with Crippen molar-refractivity contribution in [1.82, 2.24) is 5.32 Å². The number of ether oxygens (including phenoxy) is 1. The van der Waals surface area contributed by atoms with E-state index in [-0.39, 0.29) is 12.1 Å². The largest absolute Gasteiger partial charge is 0.394 e. The number of hydrogen-bond acceptors (Lipinski definition) is 3. The van der Waals surface area contributed by atoms with Crippen LogP contribution in [0.15, 0.2) is 0 Å². The maximum absolute atomic E-state index is 9.28. The van der Waals surface area contributed by atoms with Crippen molar-refractivity contribution in [2.45, 2.75) is 45.1 Å². The lowest BCUT2D eigenvalue weighted by atomic mass is 9.92. The Bertz CT molecular complexity index is 116. The van der Waals surface area contributed by atoms with Gasteiger partial charge in [0.25, 0.3) is 0 Å². The highest BCUT2D eigenvalue weighted by Crippen LogP contribution is 2.16. The highest BCUT2D eigenvalue weighted by atomic mass is 16.5. The normalized spacial score (nSPS) is 15.4. The molecule has 0 aromatic rings. The van der Waals surface area contributed by atoms with Gasteiger partial charge in [0.1, 0.15) is 0 Å². The molecule has 0 bridgehead atoms. The van der Waals surface area contributed by atoms with Gasteiger partial charge in [-0.3, -0.25) is 0 Å². The quantitative estimate of drug-likeness (QED) is 0.559. The van der Waals surface area contributed by atoms with E-state index >= 15 is 0 Å². The van der Waals surface area contributed by atoms with Crippen molar-refractivity contribution < 1.29 is 9.84 Å². The van der Waals surface area contributed by atoms with E-state index in [4.69, 9.17) is 4.74 Å². The molecule has 0 aromatic heterocycles. The molecule has 0 saturated heterocycles. The molecule has 14 heavy (non-hydrogen) atoms. The summed E-state index contributed by atoms with van der Waals surface area (Å²) in [6.07, 6.45) is 4.01. The van der Waals surface area contributed by atoms with E-state index in [1.807, 2.05) is 7.05 Å². The summed E-state index contributed by atoms with van der Waals surface area (Å²) >= 11 is 0. The molecule has 3 nitrogen and oxygen atoms in total. The van der Waals surface area contributed by atoms with E-state index in [0.717, 1.165) is 38.9 Å². The fraction of sp³-hybridized carbons (Fsp3) is 1.00. The molecule has 2 N–H and O–H groups in total. The molecule has 0 amide bonds. The number of hydrogen-bond donors (Lipinski definition) is 2. The van der Waals surface area contributed by atoms with Crippen LogP contribution in [0.25, 0.3) is 0 Å². The fourth-order valence-corrected chi connectivity index (χ4v) is 1.51. The Balaban J connectivity index is 3.61. The summed E-state index contributed by atoms with van der Waals surface area (Å²) < 4.78 is 5.40. The third kappa shape index (κ3) is 4.94. The van der Waals surface area contributed by atoms with E-state index in [1.54, 1.807) is 0 Å². The molecule has 0 aliphatic heterocycles. The average molecular weight is 203 g/mol. The van der Waals surface area contributed by atoms with Crippen LogP contribution in [0.4, 0.5) is 0 Å². The molecule has 0 heterocycles. The average Bonchev–Trinajstić information content (AvgIpc) is 2.24. The predicted octanol–water partition coefficient (Wildman–Crippen LogP) is 1.55. The SMILES string of the molecule is CCCOCCCC(CC)(CO)NC. The minimum absolute atomic E-state index is 0.102. The third-order valence-corrected chi connectivity index (χ3v) is 2.80. The lowest BCUT2D eigenvalue weighted by molar-refractivity contribution is 0.106. The molecule has 0 aliphatic carbocycles. The van der Waals surface area contributed by atoms with Crippen LogP contribution < -0.4 is 5.32 Å². The lowest BCUT2D eigenvalue weighted by Gasteiger charge is -2.30. The number of aliphatic hydroxyl groups is 1. The van der Waals surface area contributed by atoms with Crippen molar-refractivity contribution in [2.24, 2.45) is 0 Å². The Hall–Kier alpha value is -0.120. The summed E-state index contributed by atoms with van der Waals surface area (Å²) in [5.74, 6) is 0. The van der Waals surface area contributed by atoms with Crippen LogP contribution in [0.5, 0.6) is 0 Å². The first kappa shape index (κ1) is 13.9. The maximum atomic E-state index is 9.28. The Labute approximate surface area is 87.8 Å². The van der Waals surface area contributed by atoms with Crippen molar-refractivity contribution in [3.8, 4) is 0 Å². The van der Waals surface area contributed by atoms with Gasteiger partial charge in [0.05, 0.1) is 6.61 Å². The highest BCUT2D eigenvalue weighted by Gasteiger charge is 2.23. The van der Waals surface area contributed by atoms with Crippen molar-refractivity contribution in [3.63, 3.8) is 0 Å². The van der Waals surface area contributed by atoms with Gasteiger partial charge in [-0.05, 0) is 32.7 Å². The van der Waals surface area contributed by atoms with Gasteiger partial charge in [-0.15, -0.1) is 0 Å². The molecule has 86 valence electrons. The van der Waals surface area contributed by atoms with Crippen LogP contribution in [-0.4, -0.2) is 37.5 Å². The Morgan fingerprint density at radius 2 is 2.00 bits per heavy atom. The third-order valence-electron chi connectivity index (χ3n) is 2.80. The first-order valence-corrected chi connectivity index (χ1v) is 5.62. The summed E-state index contributed by atoms with van der Waals surface area (Å²) in [5, 5.41) is 12.5. The molecule has 0 aliphatic rings. The molecule has 0 saturated carbocycles. The Morgan fingerprint density at radius 3 is 2.43 bits per heavy atom. The van der Waals surface area contributed by atoms with E-state index in [0.29, 0.717) is 0 Å². The zero-order chi connectivity index (χ0) is 10.9. The summed E-state index contributed by atoms with van der Waals surface area (Å²) in [6.45, 7) is 6.06. The van der Waals surface area contributed by atoms with Crippen molar-refractivity contribution in [3.05, 3.63) is 0 Å². The van der Waals surface area contributed by atoms with Gasteiger partial charge in [-0.1, -0.05) is 13.8 Å². The second-order valence-electron chi connectivity index (χ2n) is 3.76. The predicted molar refractivity (Wildman–Crippen MR) is 59.5 cm³/mol. The summed E-state index contributed by atoms with van der Waals surface area (Å²) in [4.78, 5) is 0. The monoisotopic (exact) mass is 203 g/mol. The van der Waals surface area contributed by atoms with Gasteiger partial charge in [0, 0.05) is 18.8 Å². The van der Waals surface area contributed by atoms with Crippen LogP contribution in [0.3, 0.4) is 0 Å². The standard InChI is InChI=1S/C11H25NO2/c1-4-8-14-9-6-7-11(5-2,10-13)12-3/h12-13H,4-10H2,1-3H3. The van der Waals surface area contributed by atoms with E-state index in [1.165, 1.54) is 0 Å². The first-order chi connectivity index (χ1) is 6.74. The van der Waals surface area contributed by atoms with Crippen LogP contribution >= 0.6 is 0 Å². The molecule has 0 fully saturated rings. The molecule has 1 unspecified atom stereocenters. The summed E-state index contributed by atoms with van der Waals surface area (Å²) in [5.41, 5.74) is -0.102. The van der Waals surface area contributed by atoms with Crippen LogP contribution in [0.2, 0.25) is 0 Å². The van der Waals surface area contributed by atoms with Crippen LogP contribution in [0, 0.1) is 0 Å². The van der Waals surface area contributed by atoms with Crippen molar-refractivity contribution in [2.75, 3.05) is 26.9 Å². The number of rotatable bonds is 9. The smallest absolute Gasteiger partial charge is 0.0613 e. The Kier molecular flexibility index (Phi) is 8.14. The van der Waals surface area contributed by atoms with Gasteiger partial charge in [-0.25, -0.2) is 0 Å². The summed E-state index contributed by atoms with van der Waals surface area (Å²) in [6, 6.07) is 0. The zero-order valence-electron chi connectivity index (χ0n) is 9.81. The molecule has 0 radical (unpaired) electrons. The summed E-state index contributed by atoms with van der Waals surface area (Å²) in [7, 11) is 1.91. The van der Waals surface area contributed by atoms with Gasteiger partial charge in [-0.2, -0.15) is 0 Å². The molecular weight excluding hydrogens is 178 g/mol. The minimum Gasteiger partial charge on any atom is -0.394 e. The number of aliphatic hydroxyl groups excluding tert-OH is 1. The highest BCUT2D eigenvalue weighted by molar-refractivity contribution is 4.84.